The summed E-state index contributed by atoms with van der Waals surface area (Å²) < 4.78 is 0. The molecule has 1 aliphatic heterocycles. The Balaban J connectivity index is 1.85. The van der Waals surface area contributed by atoms with Crippen LogP contribution >= 0.6 is 11.3 Å². The third-order valence-corrected chi connectivity index (χ3v) is 4.84. The molecule has 0 amide bonds. The molecular weight excluding hydrogens is 228 g/mol. The highest BCUT2D eigenvalue weighted by Gasteiger charge is 2.19. The molecule has 0 bridgehead atoms. The number of likely N-dealkylation sites (tertiary alicyclic amines) is 1. The van der Waals surface area contributed by atoms with Crippen LogP contribution in [0, 0.1) is 5.92 Å². The first-order valence-corrected chi connectivity index (χ1v) is 7.63. The van der Waals surface area contributed by atoms with Gasteiger partial charge in [0.25, 0.3) is 0 Å². The molecule has 0 saturated carbocycles. The molecule has 2 nitrogen and oxygen atoms in total. The Kier molecular flexibility index (Phi) is 5.01. The lowest BCUT2D eigenvalue weighted by Gasteiger charge is -2.32. The number of piperidine rings is 1. The molecule has 0 aromatic carbocycles. The summed E-state index contributed by atoms with van der Waals surface area (Å²) in [6.07, 6.45) is 5.08. The average Bonchev–Trinajstić information content (AvgIpc) is 2.78. The fraction of sp³-hybridized carbons (Fsp3) is 0.714. The lowest BCUT2D eigenvalue weighted by atomic mass is 9.95. The lowest BCUT2D eigenvalue weighted by molar-refractivity contribution is 0.164. The number of nitrogens with two attached hydrogens (primary N) is 1. The number of nitrogens with zero attached hydrogens (tertiary/aromatic N) is 1. The van der Waals surface area contributed by atoms with E-state index in [2.05, 4.69) is 24.0 Å². The van der Waals surface area contributed by atoms with E-state index in [0.717, 1.165) is 19.0 Å². The van der Waals surface area contributed by atoms with Crippen LogP contribution in [-0.4, -0.2) is 24.5 Å². The summed E-state index contributed by atoms with van der Waals surface area (Å²) in [4.78, 5) is 5.64. The van der Waals surface area contributed by atoms with Crippen molar-refractivity contribution in [3.05, 3.63) is 21.9 Å². The lowest BCUT2D eigenvalue weighted by Crippen LogP contribution is -2.35. The van der Waals surface area contributed by atoms with E-state index in [-0.39, 0.29) is 0 Å². The zero-order valence-corrected chi connectivity index (χ0v) is 11.6. The molecule has 1 fully saturated rings. The van der Waals surface area contributed by atoms with Crippen molar-refractivity contribution in [1.29, 1.82) is 0 Å². The van der Waals surface area contributed by atoms with Crippen molar-refractivity contribution in [1.82, 2.24) is 4.90 Å². The van der Waals surface area contributed by atoms with Gasteiger partial charge in [-0.15, -0.1) is 11.3 Å². The van der Waals surface area contributed by atoms with E-state index in [1.165, 1.54) is 48.5 Å². The first kappa shape index (κ1) is 13.1. The Bertz CT molecular complexity index is 333. The molecule has 1 atom stereocenters. The zero-order chi connectivity index (χ0) is 12.1. The van der Waals surface area contributed by atoms with Crippen molar-refractivity contribution in [3.8, 4) is 0 Å². The van der Waals surface area contributed by atoms with E-state index in [4.69, 9.17) is 5.73 Å². The second-order valence-corrected chi connectivity index (χ2v) is 6.30. The summed E-state index contributed by atoms with van der Waals surface area (Å²) in [7, 11) is 0. The number of aryl methyl sites for hydroxylation is 1. The first-order chi connectivity index (χ1) is 8.31. The third-order valence-electron chi connectivity index (χ3n) is 3.62. The quantitative estimate of drug-likeness (QED) is 0.873. The van der Waals surface area contributed by atoms with Crippen LogP contribution in [0.4, 0.5) is 0 Å². The second-order valence-electron chi connectivity index (χ2n) is 5.04. The molecule has 17 heavy (non-hydrogen) atoms. The fourth-order valence-electron chi connectivity index (χ4n) is 2.68. The Hall–Kier alpha value is -0.380. The van der Waals surface area contributed by atoms with E-state index < -0.39 is 0 Å². The van der Waals surface area contributed by atoms with Gasteiger partial charge in [0.15, 0.2) is 0 Å². The number of hydrogen-bond donors (Lipinski definition) is 1. The van der Waals surface area contributed by atoms with Gasteiger partial charge >= 0.3 is 0 Å². The van der Waals surface area contributed by atoms with Gasteiger partial charge in [0, 0.05) is 22.8 Å². The molecule has 0 aliphatic carbocycles. The summed E-state index contributed by atoms with van der Waals surface area (Å²) in [5.74, 6) is 0.833. The molecule has 2 heterocycles. The van der Waals surface area contributed by atoms with Crippen LogP contribution in [0.1, 0.15) is 35.9 Å². The third kappa shape index (κ3) is 3.80. The van der Waals surface area contributed by atoms with E-state index in [1.54, 1.807) is 0 Å². The highest BCUT2D eigenvalue weighted by molar-refractivity contribution is 7.11. The van der Waals surface area contributed by atoms with Crippen molar-refractivity contribution in [2.45, 2.75) is 39.2 Å². The van der Waals surface area contributed by atoms with Crippen LogP contribution in [0.15, 0.2) is 12.1 Å². The molecule has 3 heteroatoms. The van der Waals surface area contributed by atoms with Gasteiger partial charge in [-0.2, -0.15) is 0 Å². The molecule has 2 rings (SSSR count). The van der Waals surface area contributed by atoms with Crippen LogP contribution in [0.2, 0.25) is 0 Å². The summed E-state index contributed by atoms with van der Waals surface area (Å²) in [5, 5.41) is 0. The van der Waals surface area contributed by atoms with Crippen molar-refractivity contribution < 1.29 is 0 Å². The van der Waals surface area contributed by atoms with Gasteiger partial charge in [-0.1, -0.05) is 6.92 Å². The highest BCUT2D eigenvalue weighted by atomic mass is 32.1. The standard InChI is InChI=1S/C14H24N2S/c1-2-13-5-6-14(17-13)11-16-9-3-4-12(10-16)7-8-15/h5-6,12H,2-4,7-11,15H2,1H3. The van der Waals surface area contributed by atoms with E-state index in [0.29, 0.717) is 0 Å². The van der Waals surface area contributed by atoms with Gasteiger partial charge in [-0.25, -0.2) is 0 Å². The molecule has 0 spiro atoms. The van der Waals surface area contributed by atoms with Crippen molar-refractivity contribution >= 4 is 11.3 Å². The van der Waals surface area contributed by atoms with Gasteiger partial charge in [0.05, 0.1) is 0 Å². The Morgan fingerprint density at radius 3 is 2.94 bits per heavy atom. The van der Waals surface area contributed by atoms with Gasteiger partial charge < -0.3 is 5.73 Å². The molecular formula is C14H24N2S. The molecule has 1 aliphatic rings. The number of rotatable bonds is 5. The van der Waals surface area contributed by atoms with Crippen molar-refractivity contribution in [3.63, 3.8) is 0 Å². The SMILES string of the molecule is CCc1ccc(CN2CCCC(CCN)C2)s1. The molecule has 1 saturated heterocycles. The fourth-order valence-corrected chi connectivity index (χ4v) is 3.68. The summed E-state index contributed by atoms with van der Waals surface area (Å²) in [6.45, 7) is 6.73. The maximum atomic E-state index is 5.66. The minimum absolute atomic E-state index is 0.833. The number of thiophene rings is 1. The molecule has 0 radical (unpaired) electrons. The molecule has 1 aromatic heterocycles. The van der Waals surface area contributed by atoms with Crippen LogP contribution < -0.4 is 5.73 Å². The minimum atomic E-state index is 0.833. The molecule has 1 unspecified atom stereocenters. The van der Waals surface area contributed by atoms with Crippen LogP contribution in [0.3, 0.4) is 0 Å². The molecule has 1 aromatic rings. The Labute approximate surface area is 109 Å². The molecule has 2 N–H and O–H groups in total. The van der Waals surface area contributed by atoms with Crippen molar-refractivity contribution in [2.24, 2.45) is 11.7 Å². The van der Waals surface area contributed by atoms with E-state index in [1.807, 2.05) is 11.3 Å². The predicted octanol–water partition coefficient (Wildman–Crippen LogP) is 2.87. The smallest absolute Gasteiger partial charge is 0.0328 e. The van der Waals surface area contributed by atoms with Gasteiger partial charge in [-0.3, -0.25) is 4.90 Å². The topological polar surface area (TPSA) is 29.3 Å². The summed E-state index contributed by atoms with van der Waals surface area (Å²) in [6, 6.07) is 4.58. The van der Waals surface area contributed by atoms with Crippen LogP contribution in [-0.2, 0) is 13.0 Å². The Morgan fingerprint density at radius 1 is 1.41 bits per heavy atom. The Morgan fingerprint density at radius 2 is 2.24 bits per heavy atom. The maximum absolute atomic E-state index is 5.66. The van der Waals surface area contributed by atoms with Crippen LogP contribution in [0.5, 0.6) is 0 Å². The van der Waals surface area contributed by atoms with Gasteiger partial charge in [0.1, 0.15) is 0 Å². The summed E-state index contributed by atoms with van der Waals surface area (Å²) in [5.41, 5.74) is 5.66. The monoisotopic (exact) mass is 252 g/mol. The molecule has 96 valence electrons. The summed E-state index contributed by atoms with van der Waals surface area (Å²) >= 11 is 1.97. The van der Waals surface area contributed by atoms with Gasteiger partial charge in [0.2, 0.25) is 0 Å². The average molecular weight is 252 g/mol. The maximum Gasteiger partial charge on any atom is 0.0328 e. The predicted molar refractivity (Wildman–Crippen MR) is 75.4 cm³/mol. The highest BCUT2D eigenvalue weighted by Crippen LogP contribution is 2.23. The van der Waals surface area contributed by atoms with Crippen LogP contribution in [0.25, 0.3) is 0 Å². The largest absolute Gasteiger partial charge is 0.330 e. The van der Waals surface area contributed by atoms with E-state index >= 15 is 0 Å². The minimum Gasteiger partial charge on any atom is -0.330 e. The van der Waals surface area contributed by atoms with Gasteiger partial charge in [-0.05, 0) is 56.8 Å². The zero-order valence-electron chi connectivity index (χ0n) is 10.8. The second kappa shape index (κ2) is 6.53. The number of hydrogen-bond acceptors (Lipinski definition) is 3. The normalized spacial score (nSPS) is 21.9. The first-order valence-electron chi connectivity index (χ1n) is 6.81. The van der Waals surface area contributed by atoms with Crippen molar-refractivity contribution in [2.75, 3.05) is 19.6 Å². The van der Waals surface area contributed by atoms with E-state index in [9.17, 15) is 0 Å².